The first-order valence-electron chi connectivity index (χ1n) is 13.1. The fourth-order valence-corrected chi connectivity index (χ4v) is 4.77. The van der Waals surface area contributed by atoms with Gasteiger partial charge in [-0.25, -0.2) is 19.3 Å². The van der Waals surface area contributed by atoms with Crippen molar-refractivity contribution in [1.29, 1.82) is 0 Å². The Morgan fingerprint density at radius 2 is 1.62 bits per heavy atom. The number of likely N-dealkylation sites (N-methyl/N-ethyl adjacent to an activating group) is 1. The third-order valence-electron chi connectivity index (χ3n) is 6.68. The van der Waals surface area contributed by atoms with Gasteiger partial charge in [-0.05, 0) is 67.5 Å². The minimum Gasteiger partial charge on any atom is -0.480 e. The zero-order valence-electron chi connectivity index (χ0n) is 23.0. The molecular weight excluding hydrogens is 516 g/mol. The van der Waals surface area contributed by atoms with Crippen LogP contribution in [0.4, 0.5) is 15.5 Å². The first kappa shape index (κ1) is 28.5. The number of aromatic nitrogens is 4. The SMILES string of the molecule is CN(C(=O)OCC1c2ccccc2-c2ccccc21)C(CCCCN(C(=O)OC(C)(C)C)c1nn[nH]n1)C(=O)O. The second kappa shape index (κ2) is 12.1. The Bertz CT molecular complexity index is 1290. The second-order valence-corrected chi connectivity index (χ2v) is 10.6. The predicted molar refractivity (Wildman–Crippen MR) is 146 cm³/mol. The number of aliphatic carboxylic acids is 1. The first-order valence-corrected chi connectivity index (χ1v) is 13.1. The number of carboxylic acids is 1. The molecule has 1 unspecified atom stereocenters. The van der Waals surface area contributed by atoms with Crippen LogP contribution in [0.3, 0.4) is 0 Å². The van der Waals surface area contributed by atoms with Crippen LogP contribution in [0.25, 0.3) is 11.1 Å². The summed E-state index contributed by atoms with van der Waals surface area (Å²) in [6.07, 6.45) is -0.383. The molecule has 0 fully saturated rings. The molecular formula is C28H34N6O6. The van der Waals surface area contributed by atoms with Crippen molar-refractivity contribution >= 4 is 24.1 Å². The van der Waals surface area contributed by atoms with Crippen molar-refractivity contribution in [2.24, 2.45) is 0 Å². The van der Waals surface area contributed by atoms with Gasteiger partial charge in [-0.2, -0.15) is 5.21 Å². The van der Waals surface area contributed by atoms with Gasteiger partial charge in [-0.3, -0.25) is 4.90 Å². The highest BCUT2D eigenvalue weighted by Gasteiger charge is 2.32. The van der Waals surface area contributed by atoms with E-state index in [1.54, 1.807) is 20.8 Å². The number of carbonyl (C=O) groups is 3. The molecule has 1 heterocycles. The Morgan fingerprint density at radius 3 is 2.17 bits per heavy atom. The van der Waals surface area contributed by atoms with Crippen molar-refractivity contribution in [2.45, 2.75) is 57.6 Å². The number of hydrogen-bond acceptors (Lipinski definition) is 8. The van der Waals surface area contributed by atoms with Gasteiger partial charge >= 0.3 is 18.2 Å². The van der Waals surface area contributed by atoms with Crippen LogP contribution < -0.4 is 4.90 Å². The van der Waals surface area contributed by atoms with E-state index in [0.717, 1.165) is 27.2 Å². The Kier molecular flexibility index (Phi) is 8.66. The number of rotatable bonds is 10. The highest BCUT2D eigenvalue weighted by Crippen LogP contribution is 2.44. The number of nitrogens with one attached hydrogen (secondary N) is 1. The number of H-pyrrole nitrogens is 1. The van der Waals surface area contributed by atoms with Gasteiger partial charge in [0, 0.05) is 19.5 Å². The van der Waals surface area contributed by atoms with Gasteiger partial charge in [0.2, 0.25) is 0 Å². The van der Waals surface area contributed by atoms with E-state index in [1.165, 1.54) is 11.9 Å². The van der Waals surface area contributed by atoms with Crippen LogP contribution in [0.2, 0.25) is 0 Å². The van der Waals surface area contributed by atoms with E-state index in [4.69, 9.17) is 9.47 Å². The number of benzene rings is 2. The maximum Gasteiger partial charge on any atom is 0.417 e. The average Bonchev–Trinajstić information content (AvgIpc) is 3.54. The lowest BCUT2D eigenvalue weighted by Crippen LogP contribution is -2.43. The van der Waals surface area contributed by atoms with E-state index in [0.29, 0.717) is 12.8 Å². The van der Waals surface area contributed by atoms with Crippen molar-refractivity contribution in [1.82, 2.24) is 25.5 Å². The lowest BCUT2D eigenvalue weighted by molar-refractivity contribution is -0.142. The molecule has 4 rings (SSSR count). The van der Waals surface area contributed by atoms with Crippen LogP contribution in [-0.4, -0.2) is 80.6 Å². The fourth-order valence-electron chi connectivity index (χ4n) is 4.77. The number of amides is 2. The highest BCUT2D eigenvalue weighted by atomic mass is 16.6. The number of ether oxygens (including phenoxy) is 2. The summed E-state index contributed by atoms with van der Waals surface area (Å²) in [5, 5.41) is 23.4. The van der Waals surface area contributed by atoms with Gasteiger partial charge in [0.1, 0.15) is 18.2 Å². The van der Waals surface area contributed by atoms with Gasteiger partial charge in [-0.1, -0.05) is 53.6 Å². The molecule has 212 valence electrons. The molecule has 1 atom stereocenters. The number of carbonyl (C=O) groups excluding carboxylic acids is 2. The third kappa shape index (κ3) is 6.56. The molecule has 0 aliphatic heterocycles. The van der Waals surface area contributed by atoms with Crippen LogP contribution in [-0.2, 0) is 14.3 Å². The molecule has 2 aromatic carbocycles. The zero-order valence-corrected chi connectivity index (χ0v) is 23.0. The number of carboxylic acid groups (broad SMARTS) is 1. The minimum absolute atomic E-state index is 0.0554. The van der Waals surface area contributed by atoms with E-state index in [2.05, 4.69) is 20.6 Å². The number of nitrogens with zero attached hydrogens (tertiary/aromatic N) is 5. The van der Waals surface area contributed by atoms with Crippen molar-refractivity contribution in [3.63, 3.8) is 0 Å². The maximum atomic E-state index is 12.9. The van der Waals surface area contributed by atoms with Crippen LogP contribution in [0.5, 0.6) is 0 Å². The Hall–Kier alpha value is -4.48. The topological polar surface area (TPSA) is 151 Å². The van der Waals surface area contributed by atoms with Crippen molar-refractivity contribution < 1.29 is 29.0 Å². The molecule has 0 radical (unpaired) electrons. The monoisotopic (exact) mass is 550 g/mol. The fraction of sp³-hybridized carbons (Fsp3) is 0.429. The molecule has 0 bridgehead atoms. The molecule has 0 spiro atoms. The van der Waals surface area contributed by atoms with Crippen LogP contribution >= 0.6 is 0 Å². The molecule has 0 saturated carbocycles. The zero-order chi connectivity index (χ0) is 28.9. The highest BCUT2D eigenvalue weighted by molar-refractivity contribution is 5.85. The predicted octanol–water partition coefficient (Wildman–Crippen LogP) is 4.45. The van der Waals surface area contributed by atoms with Gasteiger partial charge in [-0.15, -0.1) is 5.10 Å². The third-order valence-corrected chi connectivity index (χ3v) is 6.68. The number of aromatic amines is 1. The Labute approximate surface area is 232 Å². The number of fused-ring (bicyclic) bond motifs is 3. The second-order valence-electron chi connectivity index (χ2n) is 10.6. The number of tetrazole rings is 1. The standard InChI is InChI=1S/C28H34N6O6/c1-28(2,3)40-27(38)34(25-29-31-32-30-25)16-10-9-15-23(24(35)36)33(4)26(37)39-17-22-20-13-7-5-11-18(20)19-12-6-8-14-21(19)22/h5-8,11-14,22-23H,9-10,15-17H2,1-4H3,(H,35,36)(H,29,30,31,32). The van der Waals surface area contributed by atoms with Crippen LogP contribution in [0.15, 0.2) is 48.5 Å². The summed E-state index contributed by atoms with van der Waals surface area (Å²) in [5.74, 6) is -1.21. The van der Waals surface area contributed by atoms with Gasteiger partial charge < -0.3 is 14.6 Å². The van der Waals surface area contributed by atoms with E-state index in [-0.39, 0.29) is 31.4 Å². The quantitative estimate of drug-likeness (QED) is 0.349. The van der Waals surface area contributed by atoms with Crippen molar-refractivity contribution in [3.8, 4) is 11.1 Å². The number of unbranched alkanes of at least 4 members (excludes halogenated alkanes) is 1. The normalized spacial score (nSPS) is 13.2. The molecule has 12 heteroatoms. The molecule has 1 aromatic heterocycles. The molecule has 2 amide bonds. The summed E-state index contributed by atoms with van der Waals surface area (Å²) < 4.78 is 11.1. The summed E-state index contributed by atoms with van der Waals surface area (Å²) in [4.78, 5) is 40.0. The van der Waals surface area contributed by atoms with E-state index in [1.807, 2.05) is 48.5 Å². The lowest BCUT2D eigenvalue weighted by Gasteiger charge is -2.26. The summed E-state index contributed by atoms with van der Waals surface area (Å²) in [6, 6.07) is 14.9. The molecule has 2 N–H and O–H groups in total. The molecule has 0 saturated heterocycles. The van der Waals surface area contributed by atoms with Gasteiger partial charge in [0.25, 0.3) is 5.95 Å². The smallest absolute Gasteiger partial charge is 0.417 e. The van der Waals surface area contributed by atoms with Crippen LogP contribution in [0.1, 0.15) is 57.1 Å². The van der Waals surface area contributed by atoms with Crippen molar-refractivity contribution in [2.75, 3.05) is 25.1 Å². The van der Waals surface area contributed by atoms with Crippen molar-refractivity contribution in [3.05, 3.63) is 59.7 Å². The average molecular weight is 551 g/mol. The summed E-state index contributed by atoms with van der Waals surface area (Å²) in [6.45, 7) is 5.51. The van der Waals surface area contributed by atoms with E-state index >= 15 is 0 Å². The first-order chi connectivity index (χ1) is 19.1. The van der Waals surface area contributed by atoms with E-state index < -0.39 is 29.8 Å². The molecule has 1 aliphatic carbocycles. The number of anilines is 1. The summed E-state index contributed by atoms with van der Waals surface area (Å²) in [5.41, 5.74) is 3.64. The summed E-state index contributed by atoms with van der Waals surface area (Å²) in [7, 11) is 1.42. The summed E-state index contributed by atoms with van der Waals surface area (Å²) >= 11 is 0. The molecule has 3 aromatic rings. The van der Waals surface area contributed by atoms with Gasteiger partial charge in [0.15, 0.2) is 0 Å². The minimum atomic E-state index is -1.14. The van der Waals surface area contributed by atoms with E-state index in [9.17, 15) is 19.5 Å². The van der Waals surface area contributed by atoms with Gasteiger partial charge in [0.05, 0.1) is 0 Å². The van der Waals surface area contributed by atoms with Crippen LogP contribution in [0, 0.1) is 0 Å². The lowest BCUT2D eigenvalue weighted by atomic mass is 9.98. The molecule has 1 aliphatic rings. The Balaban J connectivity index is 1.33. The Morgan fingerprint density at radius 1 is 1.00 bits per heavy atom. The molecule has 40 heavy (non-hydrogen) atoms. The largest absolute Gasteiger partial charge is 0.480 e. The molecule has 12 nitrogen and oxygen atoms in total. The maximum absolute atomic E-state index is 12.9. The number of hydrogen-bond donors (Lipinski definition) is 2.